The van der Waals surface area contributed by atoms with Gasteiger partial charge in [0.15, 0.2) is 5.78 Å². The Hall–Kier alpha value is -2.42. The van der Waals surface area contributed by atoms with E-state index in [1.54, 1.807) is 6.92 Å². The summed E-state index contributed by atoms with van der Waals surface area (Å²) in [6.45, 7) is 7.20. The molecular formula is C22H21IrNO2-2. The van der Waals surface area contributed by atoms with Gasteiger partial charge in [0.25, 0.3) is 0 Å². The van der Waals surface area contributed by atoms with Crippen molar-refractivity contribution in [1.29, 1.82) is 0 Å². The number of hydrogen-bond acceptors (Lipinski definition) is 3. The Morgan fingerprint density at radius 3 is 2.31 bits per heavy atom. The summed E-state index contributed by atoms with van der Waals surface area (Å²) in [5, 5.41) is 2.38. The first-order chi connectivity index (χ1) is 12.0. The molecule has 0 amide bonds. The molecule has 0 unspecified atom stereocenters. The molecule has 0 aliphatic rings. The van der Waals surface area contributed by atoms with Gasteiger partial charge in [-0.3, -0.25) is 9.78 Å². The molecule has 3 aromatic rings. The van der Waals surface area contributed by atoms with E-state index in [9.17, 15) is 4.79 Å². The number of ketones is 1. The predicted octanol–water partition coefficient (Wildman–Crippen LogP) is 5.37. The smallest absolute Gasteiger partial charge is 0.155 e. The molecule has 3 nitrogen and oxygen atoms in total. The molecule has 0 N–H and O–H groups in total. The molecule has 4 heteroatoms. The normalized spacial score (nSPS) is 10.3. The summed E-state index contributed by atoms with van der Waals surface area (Å²) in [6.07, 6.45) is 3.23. The van der Waals surface area contributed by atoms with Gasteiger partial charge in [-0.15, -0.1) is 17.7 Å². The molecule has 2 aromatic carbocycles. The summed E-state index contributed by atoms with van der Waals surface area (Å²) < 4.78 is 4.45. The second-order valence-corrected chi connectivity index (χ2v) is 5.55. The van der Waals surface area contributed by atoms with Crippen LogP contribution in [0.4, 0.5) is 0 Å². The van der Waals surface area contributed by atoms with Crippen molar-refractivity contribution < 1.29 is 29.6 Å². The molecule has 0 fully saturated rings. The maximum atomic E-state index is 10.2. The molecule has 3 rings (SSSR count). The number of aromatic nitrogens is 1. The maximum absolute atomic E-state index is 10.2. The summed E-state index contributed by atoms with van der Waals surface area (Å²) in [7, 11) is 3.12. The Balaban J connectivity index is 0.000000325. The predicted molar refractivity (Wildman–Crippen MR) is 103 cm³/mol. The zero-order valence-electron chi connectivity index (χ0n) is 14.9. The van der Waals surface area contributed by atoms with Crippen molar-refractivity contribution in [3.05, 3.63) is 92.2 Å². The SMILES string of the molecule is [CH2-]O/C(C)=C\C(C)=O.[CH2-]c1ccccc1-c1nccc2ccccc12.[Ir]. The van der Waals surface area contributed by atoms with Gasteiger partial charge in [0, 0.05) is 38.1 Å². The van der Waals surface area contributed by atoms with Gasteiger partial charge in [0.05, 0.1) is 5.76 Å². The van der Waals surface area contributed by atoms with E-state index in [-0.39, 0.29) is 25.9 Å². The first kappa shape index (κ1) is 21.6. The molecule has 1 radical (unpaired) electrons. The van der Waals surface area contributed by atoms with E-state index >= 15 is 0 Å². The molecule has 137 valence electrons. The molecule has 26 heavy (non-hydrogen) atoms. The second kappa shape index (κ2) is 10.5. The van der Waals surface area contributed by atoms with Crippen LogP contribution >= 0.6 is 0 Å². The second-order valence-electron chi connectivity index (χ2n) is 5.55. The summed E-state index contributed by atoms with van der Waals surface area (Å²) in [6, 6.07) is 18.4. The number of nitrogens with zero attached hydrogens (tertiary/aromatic N) is 1. The Morgan fingerprint density at radius 2 is 1.69 bits per heavy atom. The number of carbonyl (C=O) groups excluding carboxylic acids is 1. The topological polar surface area (TPSA) is 39.2 Å². The average Bonchev–Trinajstić information content (AvgIpc) is 2.62. The molecule has 0 aliphatic heterocycles. The largest absolute Gasteiger partial charge is 0.668 e. The monoisotopic (exact) mass is 524 g/mol. The van der Waals surface area contributed by atoms with Crippen LogP contribution in [0.1, 0.15) is 19.4 Å². The summed E-state index contributed by atoms with van der Waals surface area (Å²) in [5.74, 6) is 0.517. The van der Waals surface area contributed by atoms with E-state index in [1.807, 2.05) is 42.6 Å². The van der Waals surface area contributed by atoms with Crippen LogP contribution < -0.4 is 0 Å². The van der Waals surface area contributed by atoms with Crippen molar-refractivity contribution >= 4 is 16.6 Å². The number of rotatable bonds is 3. The van der Waals surface area contributed by atoms with Gasteiger partial charge < -0.3 is 4.74 Å². The summed E-state index contributed by atoms with van der Waals surface area (Å²) in [4.78, 5) is 14.7. The van der Waals surface area contributed by atoms with Crippen molar-refractivity contribution in [3.8, 4) is 11.3 Å². The zero-order chi connectivity index (χ0) is 18.2. The van der Waals surface area contributed by atoms with Gasteiger partial charge in [-0.1, -0.05) is 30.3 Å². The van der Waals surface area contributed by atoms with Gasteiger partial charge in [0.2, 0.25) is 0 Å². The van der Waals surface area contributed by atoms with Crippen LogP contribution in [0.5, 0.6) is 0 Å². The number of ether oxygens (including phenoxy) is 1. The van der Waals surface area contributed by atoms with E-state index in [0.717, 1.165) is 16.8 Å². The third-order valence-corrected chi connectivity index (χ3v) is 3.58. The summed E-state index contributed by atoms with van der Waals surface area (Å²) >= 11 is 0. The molecule has 0 bridgehead atoms. The Labute approximate surface area is 168 Å². The minimum atomic E-state index is -0.0221. The quantitative estimate of drug-likeness (QED) is 0.263. The van der Waals surface area contributed by atoms with Crippen LogP contribution in [0.2, 0.25) is 0 Å². The number of allylic oxidation sites excluding steroid dienone is 2. The van der Waals surface area contributed by atoms with Gasteiger partial charge in [-0.2, -0.15) is 25.7 Å². The first-order valence-corrected chi connectivity index (χ1v) is 7.89. The van der Waals surface area contributed by atoms with E-state index in [1.165, 1.54) is 23.8 Å². The molecule has 0 aliphatic carbocycles. The fourth-order valence-corrected chi connectivity index (χ4v) is 2.41. The molecule has 1 heterocycles. The van der Waals surface area contributed by atoms with Crippen LogP contribution in [0, 0.1) is 14.0 Å². The Bertz CT molecular complexity index is 898. The van der Waals surface area contributed by atoms with Gasteiger partial charge >= 0.3 is 0 Å². The number of benzene rings is 2. The van der Waals surface area contributed by atoms with E-state index in [2.05, 4.69) is 42.0 Å². The number of carbonyl (C=O) groups is 1. The minimum absolute atomic E-state index is 0. The molecule has 1 aromatic heterocycles. The van der Waals surface area contributed by atoms with Crippen LogP contribution in [0.15, 0.2) is 72.6 Å². The number of fused-ring (bicyclic) bond motifs is 1. The van der Waals surface area contributed by atoms with Gasteiger partial charge in [-0.05, 0) is 30.7 Å². The van der Waals surface area contributed by atoms with Crippen LogP contribution in [-0.2, 0) is 29.6 Å². The van der Waals surface area contributed by atoms with E-state index < -0.39 is 0 Å². The van der Waals surface area contributed by atoms with E-state index in [4.69, 9.17) is 0 Å². The minimum Gasteiger partial charge on any atom is -0.668 e. The van der Waals surface area contributed by atoms with Gasteiger partial charge in [-0.25, -0.2) is 0 Å². The molecule has 0 spiro atoms. The third kappa shape index (κ3) is 5.83. The van der Waals surface area contributed by atoms with Crippen LogP contribution in [0.25, 0.3) is 22.0 Å². The van der Waals surface area contributed by atoms with Crippen LogP contribution in [0.3, 0.4) is 0 Å². The molecule has 0 saturated carbocycles. The van der Waals surface area contributed by atoms with Crippen molar-refractivity contribution in [2.75, 3.05) is 0 Å². The maximum Gasteiger partial charge on any atom is 0.155 e. The van der Waals surface area contributed by atoms with E-state index in [0.29, 0.717) is 5.76 Å². The molecule has 0 atom stereocenters. The fourth-order valence-electron chi connectivity index (χ4n) is 2.41. The Kier molecular flexibility index (Phi) is 8.77. The number of pyridine rings is 1. The standard InChI is InChI=1S/C16H12N.C6H9O2.Ir/c1-12-6-2-4-8-14(12)16-15-9-5-3-7-13(15)10-11-17-16;1-5(7)4-6(2)8-3;/h2-11H,1H2;4H,3H2,1-2H3;/q2*-1;/b;6-4-;. The van der Waals surface area contributed by atoms with Crippen LogP contribution in [-0.4, -0.2) is 10.8 Å². The Morgan fingerprint density at radius 1 is 1.04 bits per heavy atom. The van der Waals surface area contributed by atoms with Crippen molar-refractivity contribution in [3.63, 3.8) is 0 Å². The van der Waals surface area contributed by atoms with Crippen molar-refractivity contribution in [2.45, 2.75) is 13.8 Å². The average molecular weight is 524 g/mol. The summed E-state index contributed by atoms with van der Waals surface area (Å²) in [5.41, 5.74) is 3.12. The number of hydrogen-bond donors (Lipinski definition) is 0. The third-order valence-electron chi connectivity index (χ3n) is 3.58. The molecular weight excluding hydrogens is 502 g/mol. The fraction of sp³-hybridized carbons (Fsp3) is 0.0909. The first-order valence-electron chi connectivity index (χ1n) is 7.89. The van der Waals surface area contributed by atoms with Crippen molar-refractivity contribution in [1.82, 2.24) is 4.98 Å². The zero-order valence-corrected chi connectivity index (χ0v) is 17.3. The van der Waals surface area contributed by atoms with Crippen molar-refractivity contribution in [2.24, 2.45) is 0 Å². The van der Waals surface area contributed by atoms with Gasteiger partial charge in [0.1, 0.15) is 0 Å². The molecule has 0 saturated heterocycles.